The molecular weight excluding hydrogens is 216 g/mol. The van der Waals surface area contributed by atoms with Gasteiger partial charge in [-0.15, -0.1) is 0 Å². The summed E-state index contributed by atoms with van der Waals surface area (Å²) >= 11 is 0. The SMILES string of the molecule is Cc1ccc(CN2CCCC(C(=O)O)C2)nc1. The summed E-state index contributed by atoms with van der Waals surface area (Å²) in [4.78, 5) is 17.5. The van der Waals surface area contributed by atoms with Gasteiger partial charge >= 0.3 is 5.97 Å². The van der Waals surface area contributed by atoms with Crippen LogP contribution in [0.1, 0.15) is 24.1 Å². The zero-order valence-corrected chi connectivity index (χ0v) is 10.1. The molecule has 4 heteroatoms. The van der Waals surface area contributed by atoms with Crippen LogP contribution in [-0.4, -0.2) is 34.0 Å². The van der Waals surface area contributed by atoms with E-state index in [1.807, 2.05) is 25.3 Å². The van der Waals surface area contributed by atoms with Crippen LogP contribution in [0.25, 0.3) is 0 Å². The Balaban J connectivity index is 1.94. The van der Waals surface area contributed by atoms with Gasteiger partial charge in [-0.25, -0.2) is 0 Å². The first kappa shape index (κ1) is 12.0. The predicted octanol–water partition coefficient (Wildman–Crippen LogP) is 1.69. The van der Waals surface area contributed by atoms with Crippen LogP contribution in [0.2, 0.25) is 0 Å². The van der Waals surface area contributed by atoms with Crippen molar-refractivity contribution in [1.82, 2.24) is 9.88 Å². The first-order valence-electron chi connectivity index (χ1n) is 6.02. The van der Waals surface area contributed by atoms with Gasteiger partial charge in [0.1, 0.15) is 0 Å². The molecule has 0 saturated carbocycles. The molecule has 0 spiro atoms. The number of aliphatic carboxylic acids is 1. The summed E-state index contributed by atoms with van der Waals surface area (Å²) in [6, 6.07) is 4.06. The van der Waals surface area contributed by atoms with E-state index in [1.165, 1.54) is 0 Å². The fourth-order valence-electron chi connectivity index (χ4n) is 2.22. The molecule has 1 aliphatic heterocycles. The van der Waals surface area contributed by atoms with Crippen molar-refractivity contribution in [1.29, 1.82) is 0 Å². The van der Waals surface area contributed by atoms with E-state index in [9.17, 15) is 4.79 Å². The normalized spacial score (nSPS) is 21.4. The molecule has 0 aromatic carbocycles. The Morgan fingerprint density at radius 1 is 1.59 bits per heavy atom. The van der Waals surface area contributed by atoms with E-state index in [0.717, 1.165) is 37.2 Å². The maximum Gasteiger partial charge on any atom is 0.307 e. The van der Waals surface area contributed by atoms with E-state index in [4.69, 9.17) is 5.11 Å². The average molecular weight is 234 g/mol. The van der Waals surface area contributed by atoms with E-state index in [1.54, 1.807) is 0 Å². The number of rotatable bonds is 3. The Bertz CT molecular complexity index is 389. The third-order valence-electron chi connectivity index (χ3n) is 3.21. The topological polar surface area (TPSA) is 53.4 Å². The second-order valence-corrected chi connectivity index (χ2v) is 4.74. The molecule has 0 radical (unpaired) electrons. The van der Waals surface area contributed by atoms with Crippen LogP contribution >= 0.6 is 0 Å². The third-order valence-corrected chi connectivity index (χ3v) is 3.21. The molecule has 1 fully saturated rings. The van der Waals surface area contributed by atoms with Gasteiger partial charge in [-0.05, 0) is 37.9 Å². The average Bonchev–Trinajstić information content (AvgIpc) is 2.32. The van der Waals surface area contributed by atoms with Crippen molar-refractivity contribution in [2.24, 2.45) is 5.92 Å². The summed E-state index contributed by atoms with van der Waals surface area (Å²) in [6.45, 7) is 4.38. The van der Waals surface area contributed by atoms with Crippen molar-refractivity contribution in [3.05, 3.63) is 29.6 Å². The Morgan fingerprint density at radius 2 is 2.41 bits per heavy atom. The number of carboxylic acid groups (broad SMARTS) is 1. The second kappa shape index (κ2) is 5.27. The number of piperidine rings is 1. The summed E-state index contributed by atoms with van der Waals surface area (Å²) in [5.41, 5.74) is 2.16. The van der Waals surface area contributed by atoms with Crippen LogP contribution in [0, 0.1) is 12.8 Å². The molecule has 1 aromatic rings. The largest absolute Gasteiger partial charge is 0.481 e. The van der Waals surface area contributed by atoms with Crippen molar-refractivity contribution in [2.75, 3.05) is 13.1 Å². The highest BCUT2D eigenvalue weighted by Crippen LogP contribution is 2.18. The van der Waals surface area contributed by atoms with Crippen LogP contribution in [0.3, 0.4) is 0 Å². The van der Waals surface area contributed by atoms with Crippen molar-refractivity contribution in [2.45, 2.75) is 26.3 Å². The lowest BCUT2D eigenvalue weighted by Crippen LogP contribution is -2.38. The summed E-state index contributed by atoms with van der Waals surface area (Å²) in [7, 11) is 0. The summed E-state index contributed by atoms with van der Waals surface area (Å²) < 4.78 is 0. The standard InChI is InChI=1S/C13H18N2O2/c1-10-4-5-12(14-7-10)9-15-6-2-3-11(8-15)13(16)17/h4-5,7,11H,2-3,6,8-9H2,1H3,(H,16,17). The van der Waals surface area contributed by atoms with Crippen molar-refractivity contribution < 1.29 is 9.90 Å². The third kappa shape index (κ3) is 3.27. The lowest BCUT2D eigenvalue weighted by molar-refractivity contribution is -0.143. The quantitative estimate of drug-likeness (QED) is 0.864. The van der Waals surface area contributed by atoms with E-state index < -0.39 is 5.97 Å². The van der Waals surface area contributed by atoms with Crippen LogP contribution in [-0.2, 0) is 11.3 Å². The lowest BCUT2D eigenvalue weighted by Gasteiger charge is -2.30. The molecule has 17 heavy (non-hydrogen) atoms. The number of carbonyl (C=O) groups is 1. The number of nitrogens with zero attached hydrogens (tertiary/aromatic N) is 2. The summed E-state index contributed by atoms with van der Waals surface area (Å²) in [5.74, 6) is -0.888. The van der Waals surface area contributed by atoms with Gasteiger partial charge in [-0.1, -0.05) is 6.07 Å². The molecular formula is C13H18N2O2. The van der Waals surface area contributed by atoms with Crippen molar-refractivity contribution in [3.63, 3.8) is 0 Å². The molecule has 1 N–H and O–H groups in total. The molecule has 2 rings (SSSR count). The molecule has 92 valence electrons. The Morgan fingerprint density at radius 3 is 3.06 bits per heavy atom. The summed E-state index contributed by atoms with van der Waals surface area (Å²) in [6.07, 6.45) is 3.62. The van der Waals surface area contributed by atoms with E-state index >= 15 is 0 Å². The van der Waals surface area contributed by atoms with E-state index in [0.29, 0.717) is 6.54 Å². The fourth-order valence-corrected chi connectivity index (χ4v) is 2.22. The summed E-state index contributed by atoms with van der Waals surface area (Å²) in [5, 5.41) is 9.02. The number of hydrogen-bond acceptors (Lipinski definition) is 3. The van der Waals surface area contributed by atoms with Gasteiger partial charge in [-0.3, -0.25) is 14.7 Å². The van der Waals surface area contributed by atoms with Crippen LogP contribution in [0.5, 0.6) is 0 Å². The van der Waals surface area contributed by atoms with Crippen LogP contribution in [0.4, 0.5) is 0 Å². The Kier molecular flexibility index (Phi) is 3.74. The first-order valence-corrected chi connectivity index (χ1v) is 6.02. The van der Waals surface area contributed by atoms with Gasteiger partial charge in [0.2, 0.25) is 0 Å². The number of pyridine rings is 1. The van der Waals surface area contributed by atoms with Gasteiger partial charge < -0.3 is 5.11 Å². The van der Waals surface area contributed by atoms with Crippen molar-refractivity contribution in [3.8, 4) is 0 Å². The highest BCUT2D eigenvalue weighted by molar-refractivity contribution is 5.70. The highest BCUT2D eigenvalue weighted by atomic mass is 16.4. The Hall–Kier alpha value is -1.42. The molecule has 1 saturated heterocycles. The second-order valence-electron chi connectivity index (χ2n) is 4.74. The molecule has 0 bridgehead atoms. The minimum atomic E-state index is -0.674. The number of likely N-dealkylation sites (tertiary alicyclic amines) is 1. The van der Waals surface area contributed by atoms with Crippen LogP contribution < -0.4 is 0 Å². The number of aromatic nitrogens is 1. The first-order chi connectivity index (χ1) is 8.15. The number of carboxylic acids is 1. The van der Waals surface area contributed by atoms with Crippen molar-refractivity contribution >= 4 is 5.97 Å². The van der Waals surface area contributed by atoms with E-state index in [-0.39, 0.29) is 5.92 Å². The van der Waals surface area contributed by atoms with Gasteiger partial charge in [0.05, 0.1) is 11.6 Å². The monoisotopic (exact) mass is 234 g/mol. The zero-order valence-electron chi connectivity index (χ0n) is 10.1. The maximum atomic E-state index is 11.0. The smallest absolute Gasteiger partial charge is 0.307 e. The molecule has 1 atom stereocenters. The highest BCUT2D eigenvalue weighted by Gasteiger charge is 2.25. The molecule has 1 aliphatic rings. The van der Waals surface area contributed by atoms with E-state index in [2.05, 4.69) is 9.88 Å². The Labute approximate surface area is 101 Å². The maximum absolute atomic E-state index is 11.0. The predicted molar refractivity (Wildman–Crippen MR) is 64.6 cm³/mol. The molecule has 2 heterocycles. The molecule has 0 amide bonds. The van der Waals surface area contributed by atoms with Gasteiger partial charge in [0.15, 0.2) is 0 Å². The lowest BCUT2D eigenvalue weighted by atomic mass is 9.98. The van der Waals surface area contributed by atoms with Gasteiger partial charge in [-0.2, -0.15) is 0 Å². The molecule has 1 aromatic heterocycles. The van der Waals surface area contributed by atoms with Crippen LogP contribution in [0.15, 0.2) is 18.3 Å². The zero-order chi connectivity index (χ0) is 12.3. The minimum absolute atomic E-state index is 0.214. The number of aryl methyl sites for hydroxylation is 1. The fraction of sp³-hybridized carbons (Fsp3) is 0.538. The number of hydrogen-bond donors (Lipinski definition) is 1. The van der Waals surface area contributed by atoms with Gasteiger partial charge in [0, 0.05) is 19.3 Å². The molecule has 0 aliphatic carbocycles. The molecule has 4 nitrogen and oxygen atoms in total. The van der Waals surface area contributed by atoms with Gasteiger partial charge in [0.25, 0.3) is 0 Å². The minimum Gasteiger partial charge on any atom is -0.481 e. The molecule has 1 unspecified atom stereocenters.